The molecule has 2 aliphatic heterocycles. The summed E-state index contributed by atoms with van der Waals surface area (Å²) in [6.07, 6.45) is 4.77. The van der Waals surface area contributed by atoms with E-state index >= 15 is 0 Å². The molecule has 0 spiro atoms. The lowest BCUT2D eigenvalue weighted by Gasteiger charge is -2.38. The molecule has 2 aromatic carbocycles. The quantitative estimate of drug-likeness (QED) is 0.481. The molecule has 2 aliphatic rings. The molecule has 2 aromatic rings. The zero-order valence-electron chi connectivity index (χ0n) is 21.7. The zero-order chi connectivity index (χ0) is 26.3. The number of carbonyl (C=O) groups is 2. The van der Waals surface area contributed by atoms with Crippen molar-refractivity contribution in [1.29, 1.82) is 5.26 Å². The number of likely N-dealkylation sites (tertiary alicyclic amines) is 2. The number of halogens is 1. The number of amides is 2. The van der Waals surface area contributed by atoms with E-state index in [0.29, 0.717) is 37.5 Å². The molecule has 4 rings (SSSR count). The van der Waals surface area contributed by atoms with Crippen molar-refractivity contribution in [3.63, 3.8) is 0 Å². The van der Waals surface area contributed by atoms with E-state index in [1.807, 2.05) is 52.3 Å². The molecular formula is C30H37ClN4O2. The van der Waals surface area contributed by atoms with Crippen LogP contribution in [-0.4, -0.2) is 60.9 Å². The van der Waals surface area contributed by atoms with Crippen molar-refractivity contribution in [1.82, 2.24) is 9.80 Å². The SMILES string of the molecule is CC(=O)N1CCC(C(=O)N(CCCN2CCC(C#N)(Cc3ccccc3)CC2)c2cccc(Cl)c2)CC1. The minimum absolute atomic E-state index is 0.0725. The van der Waals surface area contributed by atoms with E-state index in [1.165, 1.54) is 5.56 Å². The van der Waals surface area contributed by atoms with Gasteiger partial charge in [0, 0.05) is 43.2 Å². The van der Waals surface area contributed by atoms with Crippen molar-refractivity contribution in [2.75, 3.05) is 44.2 Å². The molecule has 37 heavy (non-hydrogen) atoms. The van der Waals surface area contributed by atoms with Crippen LogP contribution in [-0.2, 0) is 16.0 Å². The Labute approximate surface area is 225 Å². The molecule has 0 N–H and O–H groups in total. The Morgan fingerprint density at radius 1 is 1.05 bits per heavy atom. The summed E-state index contributed by atoms with van der Waals surface area (Å²) >= 11 is 6.27. The lowest BCUT2D eigenvalue weighted by Crippen LogP contribution is -2.45. The summed E-state index contributed by atoms with van der Waals surface area (Å²) in [5.41, 5.74) is 1.76. The highest BCUT2D eigenvalue weighted by atomic mass is 35.5. The second-order valence-electron chi connectivity index (χ2n) is 10.5. The van der Waals surface area contributed by atoms with Crippen LogP contribution in [0, 0.1) is 22.7 Å². The highest BCUT2D eigenvalue weighted by Gasteiger charge is 2.35. The van der Waals surface area contributed by atoms with Gasteiger partial charge in [0.15, 0.2) is 0 Å². The van der Waals surface area contributed by atoms with Crippen LogP contribution in [0.15, 0.2) is 54.6 Å². The summed E-state index contributed by atoms with van der Waals surface area (Å²) in [5, 5.41) is 10.6. The maximum Gasteiger partial charge on any atom is 0.230 e. The second kappa shape index (κ2) is 12.6. The van der Waals surface area contributed by atoms with Crippen molar-refractivity contribution < 1.29 is 9.59 Å². The first-order valence-electron chi connectivity index (χ1n) is 13.4. The minimum Gasteiger partial charge on any atom is -0.343 e. The third-order valence-corrected chi connectivity index (χ3v) is 8.20. The fourth-order valence-corrected chi connectivity index (χ4v) is 5.83. The van der Waals surface area contributed by atoms with E-state index in [2.05, 4.69) is 23.1 Å². The lowest BCUT2D eigenvalue weighted by atomic mass is 9.75. The molecule has 0 saturated carbocycles. The number of hydrogen-bond donors (Lipinski definition) is 0. The summed E-state index contributed by atoms with van der Waals surface area (Å²) in [5.74, 6) is 0.109. The standard InChI is InChI=1S/C30H37ClN4O2/c1-24(36)34-17-11-26(12-18-34)29(37)35(28-10-5-9-27(31)21-28)16-6-15-33-19-13-30(23-32,14-20-33)22-25-7-3-2-4-8-25/h2-5,7-10,21,26H,6,11-20,22H2,1H3. The molecule has 196 valence electrons. The molecule has 2 heterocycles. The topological polar surface area (TPSA) is 67.7 Å². The molecule has 6 nitrogen and oxygen atoms in total. The Morgan fingerprint density at radius 3 is 2.38 bits per heavy atom. The first kappa shape index (κ1) is 27.2. The third-order valence-electron chi connectivity index (χ3n) is 7.97. The summed E-state index contributed by atoms with van der Waals surface area (Å²) < 4.78 is 0. The number of carbonyl (C=O) groups excluding carboxylic acids is 2. The van der Waals surface area contributed by atoms with Gasteiger partial charge in [-0.05, 0) is 81.9 Å². The Hall–Kier alpha value is -2.88. The molecule has 0 bridgehead atoms. The van der Waals surface area contributed by atoms with E-state index in [9.17, 15) is 14.9 Å². The molecule has 7 heteroatoms. The Morgan fingerprint density at radius 2 is 1.76 bits per heavy atom. The second-order valence-corrected chi connectivity index (χ2v) is 10.9. The van der Waals surface area contributed by atoms with Crippen LogP contribution in [0.5, 0.6) is 0 Å². The fraction of sp³-hybridized carbons (Fsp3) is 0.500. The van der Waals surface area contributed by atoms with Crippen molar-refractivity contribution in [2.45, 2.75) is 45.4 Å². The number of benzene rings is 2. The molecule has 2 saturated heterocycles. The number of nitriles is 1. The van der Waals surface area contributed by atoms with Crippen LogP contribution in [0.3, 0.4) is 0 Å². The van der Waals surface area contributed by atoms with Crippen LogP contribution in [0.2, 0.25) is 5.02 Å². The van der Waals surface area contributed by atoms with Gasteiger partial charge in [0.1, 0.15) is 0 Å². The van der Waals surface area contributed by atoms with Crippen molar-refractivity contribution in [2.24, 2.45) is 11.3 Å². The smallest absolute Gasteiger partial charge is 0.230 e. The normalized spacial score (nSPS) is 18.2. The number of piperidine rings is 2. The summed E-state index contributed by atoms with van der Waals surface area (Å²) in [4.78, 5) is 31.4. The average molecular weight is 521 g/mol. The summed E-state index contributed by atoms with van der Waals surface area (Å²) in [6.45, 7) is 6.16. The summed E-state index contributed by atoms with van der Waals surface area (Å²) in [7, 11) is 0. The Kier molecular flexibility index (Phi) is 9.23. The maximum atomic E-state index is 13.6. The number of rotatable bonds is 8. The number of anilines is 1. The van der Waals surface area contributed by atoms with E-state index < -0.39 is 0 Å². The van der Waals surface area contributed by atoms with Gasteiger partial charge in [0.05, 0.1) is 11.5 Å². The van der Waals surface area contributed by atoms with Crippen LogP contribution in [0.1, 0.15) is 44.6 Å². The predicted octanol–water partition coefficient (Wildman–Crippen LogP) is 5.17. The lowest BCUT2D eigenvalue weighted by molar-refractivity contribution is -0.133. The van der Waals surface area contributed by atoms with Crippen LogP contribution in [0.25, 0.3) is 0 Å². The average Bonchev–Trinajstić information content (AvgIpc) is 2.92. The highest BCUT2D eigenvalue weighted by molar-refractivity contribution is 6.30. The molecule has 2 fully saturated rings. The highest BCUT2D eigenvalue weighted by Crippen LogP contribution is 2.34. The molecule has 2 amide bonds. The van der Waals surface area contributed by atoms with Gasteiger partial charge in [-0.15, -0.1) is 0 Å². The molecule has 0 radical (unpaired) electrons. The molecule has 0 aliphatic carbocycles. The van der Waals surface area contributed by atoms with E-state index in [4.69, 9.17) is 11.6 Å². The Balaban J connectivity index is 1.33. The van der Waals surface area contributed by atoms with Crippen molar-refractivity contribution in [3.8, 4) is 6.07 Å². The predicted molar refractivity (Wildman–Crippen MR) is 147 cm³/mol. The molecule has 0 aromatic heterocycles. The van der Waals surface area contributed by atoms with Gasteiger partial charge in [-0.3, -0.25) is 9.59 Å². The first-order valence-corrected chi connectivity index (χ1v) is 13.8. The van der Waals surface area contributed by atoms with Crippen molar-refractivity contribution >= 4 is 29.1 Å². The van der Waals surface area contributed by atoms with E-state index in [0.717, 1.165) is 51.0 Å². The number of hydrogen-bond acceptors (Lipinski definition) is 4. The third kappa shape index (κ3) is 7.12. The van der Waals surface area contributed by atoms with Gasteiger partial charge >= 0.3 is 0 Å². The van der Waals surface area contributed by atoms with E-state index in [1.54, 1.807) is 6.92 Å². The van der Waals surface area contributed by atoms with Gasteiger partial charge in [0.25, 0.3) is 0 Å². The largest absolute Gasteiger partial charge is 0.343 e. The van der Waals surface area contributed by atoms with Gasteiger partial charge in [-0.25, -0.2) is 0 Å². The van der Waals surface area contributed by atoms with Crippen LogP contribution >= 0.6 is 11.6 Å². The zero-order valence-corrected chi connectivity index (χ0v) is 22.5. The molecule has 0 unspecified atom stereocenters. The van der Waals surface area contributed by atoms with Crippen LogP contribution in [0.4, 0.5) is 5.69 Å². The minimum atomic E-state index is -0.296. The van der Waals surface area contributed by atoms with Crippen LogP contribution < -0.4 is 4.90 Å². The Bertz CT molecular complexity index is 1100. The van der Waals surface area contributed by atoms with E-state index in [-0.39, 0.29) is 23.1 Å². The van der Waals surface area contributed by atoms with Gasteiger partial charge in [-0.2, -0.15) is 5.26 Å². The molecule has 0 atom stereocenters. The monoisotopic (exact) mass is 520 g/mol. The molecular weight excluding hydrogens is 484 g/mol. The summed E-state index contributed by atoms with van der Waals surface area (Å²) in [6, 6.07) is 20.4. The van der Waals surface area contributed by atoms with Gasteiger partial charge in [-0.1, -0.05) is 48.0 Å². The van der Waals surface area contributed by atoms with Gasteiger partial charge < -0.3 is 14.7 Å². The fourth-order valence-electron chi connectivity index (χ4n) is 5.64. The van der Waals surface area contributed by atoms with Crippen molar-refractivity contribution in [3.05, 3.63) is 65.2 Å². The number of nitrogens with zero attached hydrogens (tertiary/aromatic N) is 4. The maximum absolute atomic E-state index is 13.6. The first-order chi connectivity index (χ1) is 17.9. The van der Waals surface area contributed by atoms with Gasteiger partial charge in [0.2, 0.25) is 11.8 Å².